The van der Waals surface area contributed by atoms with E-state index in [2.05, 4.69) is 15.6 Å². The minimum Gasteiger partial charge on any atom is -0.489 e. The Morgan fingerprint density at radius 1 is 1.42 bits per heavy atom. The molecule has 0 amide bonds. The number of aliphatic hydroxyl groups excluding tert-OH is 1. The van der Waals surface area contributed by atoms with Gasteiger partial charge in [-0.15, -0.1) is 24.0 Å². The van der Waals surface area contributed by atoms with Crippen LogP contribution in [-0.2, 0) is 0 Å². The van der Waals surface area contributed by atoms with Crippen LogP contribution < -0.4 is 15.4 Å². The van der Waals surface area contributed by atoms with Crippen LogP contribution in [0.1, 0.15) is 19.8 Å². The van der Waals surface area contributed by atoms with Gasteiger partial charge in [0.05, 0.1) is 11.6 Å². The van der Waals surface area contributed by atoms with Crippen molar-refractivity contribution in [3.05, 3.63) is 28.2 Å². The number of benzene rings is 1. The summed E-state index contributed by atoms with van der Waals surface area (Å²) in [7, 11) is 0. The fraction of sp³-hybridized carbons (Fsp3) is 0.588. The van der Waals surface area contributed by atoms with Crippen molar-refractivity contribution in [2.45, 2.75) is 31.1 Å². The molecule has 1 heterocycles. The first-order valence-corrected chi connectivity index (χ1v) is 10.3. The van der Waals surface area contributed by atoms with Crippen LogP contribution in [-0.4, -0.2) is 54.4 Å². The van der Waals surface area contributed by atoms with Crippen LogP contribution in [0.5, 0.6) is 5.75 Å². The van der Waals surface area contributed by atoms with E-state index in [1.54, 1.807) is 18.2 Å². The Labute approximate surface area is 186 Å². The molecule has 0 aromatic heterocycles. The van der Waals surface area contributed by atoms with Crippen LogP contribution >= 0.6 is 58.9 Å². The number of guanidine groups is 1. The van der Waals surface area contributed by atoms with Gasteiger partial charge in [-0.2, -0.15) is 11.8 Å². The molecule has 0 radical (unpaired) electrons. The molecule has 2 unspecified atom stereocenters. The molecule has 1 saturated heterocycles. The molecule has 9 heteroatoms. The fourth-order valence-electron chi connectivity index (χ4n) is 2.39. The van der Waals surface area contributed by atoms with E-state index in [-0.39, 0.29) is 37.1 Å². The third kappa shape index (κ3) is 8.29. The maximum Gasteiger partial charge on any atom is 0.191 e. The van der Waals surface area contributed by atoms with Crippen LogP contribution in [0, 0.1) is 0 Å². The molecule has 26 heavy (non-hydrogen) atoms. The lowest BCUT2D eigenvalue weighted by Crippen LogP contribution is -2.40. The standard InChI is InChI=1S/C17H25Cl2N3O2S.HI/c1-2-20-17(22-10-13-5-4-8-25-13)21-9-12(23)11-24-15-7-3-6-14(18)16(15)19;/h3,6-7,12-13,23H,2,4-5,8-11H2,1H3,(H2,20,21,22);1H. The minimum absolute atomic E-state index is 0. The molecular formula is C17H26Cl2IN3O2S. The first-order valence-electron chi connectivity index (χ1n) is 8.48. The van der Waals surface area contributed by atoms with Crippen molar-refractivity contribution in [1.29, 1.82) is 0 Å². The van der Waals surface area contributed by atoms with Gasteiger partial charge in [-0.1, -0.05) is 29.3 Å². The van der Waals surface area contributed by atoms with Crippen molar-refractivity contribution in [1.82, 2.24) is 10.6 Å². The highest BCUT2D eigenvalue weighted by molar-refractivity contribution is 14.0. The van der Waals surface area contributed by atoms with Crippen LogP contribution in [0.3, 0.4) is 0 Å². The average Bonchev–Trinajstić information content (AvgIpc) is 3.12. The van der Waals surface area contributed by atoms with Gasteiger partial charge in [-0.3, -0.25) is 4.99 Å². The van der Waals surface area contributed by atoms with Crippen LogP contribution in [0.15, 0.2) is 23.2 Å². The molecule has 0 aliphatic carbocycles. The highest BCUT2D eigenvalue weighted by Crippen LogP contribution is 2.31. The fourth-order valence-corrected chi connectivity index (χ4v) is 3.94. The molecule has 1 aromatic carbocycles. The van der Waals surface area contributed by atoms with Gasteiger partial charge in [-0.05, 0) is 37.7 Å². The van der Waals surface area contributed by atoms with E-state index < -0.39 is 6.10 Å². The summed E-state index contributed by atoms with van der Waals surface area (Å²) in [6.45, 7) is 4.02. The normalized spacial score (nSPS) is 18.2. The highest BCUT2D eigenvalue weighted by atomic mass is 127. The first-order chi connectivity index (χ1) is 12.1. The van der Waals surface area contributed by atoms with E-state index >= 15 is 0 Å². The Kier molecular flexibility index (Phi) is 12.1. The predicted octanol–water partition coefficient (Wildman–Crippen LogP) is 3.80. The van der Waals surface area contributed by atoms with E-state index in [1.165, 1.54) is 18.6 Å². The SMILES string of the molecule is CCNC(=NCC(O)COc1cccc(Cl)c1Cl)NCC1CCCS1.I. The van der Waals surface area contributed by atoms with E-state index in [1.807, 2.05) is 18.7 Å². The maximum atomic E-state index is 10.1. The molecule has 2 atom stereocenters. The zero-order chi connectivity index (χ0) is 18.1. The Hall–Kier alpha value is -0.0900. The van der Waals surface area contributed by atoms with Crippen molar-refractivity contribution < 1.29 is 9.84 Å². The van der Waals surface area contributed by atoms with Crippen molar-refractivity contribution in [3.8, 4) is 5.75 Å². The lowest BCUT2D eigenvalue weighted by molar-refractivity contribution is 0.114. The second kappa shape index (κ2) is 13.1. The number of hydrogen-bond acceptors (Lipinski definition) is 4. The monoisotopic (exact) mass is 533 g/mol. The molecule has 0 bridgehead atoms. The Bertz CT molecular complexity index is 575. The number of thioether (sulfide) groups is 1. The maximum absolute atomic E-state index is 10.1. The van der Waals surface area contributed by atoms with Crippen molar-refractivity contribution >= 4 is 64.9 Å². The summed E-state index contributed by atoms with van der Waals surface area (Å²) in [5.41, 5.74) is 0. The van der Waals surface area contributed by atoms with Gasteiger partial charge >= 0.3 is 0 Å². The van der Waals surface area contributed by atoms with Gasteiger partial charge in [0.2, 0.25) is 0 Å². The molecule has 1 aliphatic rings. The van der Waals surface area contributed by atoms with Crippen molar-refractivity contribution in [2.75, 3.05) is 32.0 Å². The molecule has 2 rings (SSSR count). The van der Waals surface area contributed by atoms with Crippen molar-refractivity contribution in [3.63, 3.8) is 0 Å². The van der Waals surface area contributed by atoms with E-state index in [0.29, 0.717) is 21.0 Å². The van der Waals surface area contributed by atoms with Gasteiger partial charge < -0.3 is 20.5 Å². The molecular weight excluding hydrogens is 508 g/mol. The van der Waals surface area contributed by atoms with E-state index in [0.717, 1.165) is 19.0 Å². The number of hydrogen-bond donors (Lipinski definition) is 3. The summed E-state index contributed by atoms with van der Waals surface area (Å²) in [6, 6.07) is 5.16. The molecule has 1 fully saturated rings. The zero-order valence-electron chi connectivity index (χ0n) is 14.7. The molecule has 1 aliphatic heterocycles. The van der Waals surface area contributed by atoms with Crippen LogP contribution in [0.25, 0.3) is 0 Å². The Morgan fingerprint density at radius 3 is 2.92 bits per heavy atom. The molecule has 1 aromatic rings. The summed E-state index contributed by atoms with van der Waals surface area (Å²) in [5.74, 6) is 2.41. The number of aliphatic hydroxyl groups is 1. The first kappa shape index (κ1) is 23.9. The average molecular weight is 534 g/mol. The van der Waals surface area contributed by atoms with E-state index in [4.69, 9.17) is 27.9 Å². The van der Waals surface area contributed by atoms with Crippen LogP contribution in [0.4, 0.5) is 0 Å². The Balaban J connectivity index is 0.00000338. The minimum atomic E-state index is -0.730. The second-order valence-corrected chi connectivity index (χ2v) is 7.95. The zero-order valence-corrected chi connectivity index (χ0v) is 19.4. The lowest BCUT2D eigenvalue weighted by Gasteiger charge is -2.16. The molecule has 0 saturated carbocycles. The number of nitrogens with one attached hydrogen (secondary N) is 2. The third-order valence-electron chi connectivity index (χ3n) is 3.67. The van der Waals surface area contributed by atoms with E-state index in [9.17, 15) is 5.11 Å². The predicted molar refractivity (Wildman–Crippen MR) is 123 cm³/mol. The largest absolute Gasteiger partial charge is 0.489 e. The van der Waals surface area contributed by atoms with Gasteiger partial charge in [0.1, 0.15) is 23.5 Å². The summed E-state index contributed by atoms with van der Waals surface area (Å²) >= 11 is 14.0. The third-order valence-corrected chi connectivity index (χ3v) is 5.87. The van der Waals surface area contributed by atoms with Gasteiger partial charge in [0, 0.05) is 18.3 Å². The van der Waals surface area contributed by atoms with Gasteiger partial charge in [-0.25, -0.2) is 0 Å². The van der Waals surface area contributed by atoms with Crippen molar-refractivity contribution in [2.24, 2.45) is 4.99 Å². The van der Waals surface area contributed by atoms with Crippen LogP contribution in [0.2, 0.25) is 10.0 Å². The lowest BCUT2D eigenvalue weighted by atomic mass is 10.2. The number of halogens is 3. The second-order valence-electron chi connectivity index (χ2n) is 5.75. The molecule has 5 nitrogen and oxygen atoms in total. The quantitative estimate of drug-likeness (QED) is 0.269. The number of aliphatic imine (C=N–C) groups is 1. The topological polar surface area (TPSA) is 65.9 Å². The van der Waals surface area contributed by atoms with Gasteiger partial charge in [0.25, 0.3) is 0 Å². The Morgan fingerprint density at radius 2 is 2.23 bits per heavy atom. The van der Waals surface area contributed by atoms with Gasteiger partial charge in [0.15, 0.2) is 5.96 Å². The molecule has 3 N–H and O–H groups in total. The number of nitrogens with zero attached hydrogens (tertiary/aromatic N) is 1. The number of ether oxygens (including phenoxy) is 1. The molecule has 0 spiro atoms. The number of rotatable bonds is 8. The smallest absolute Gasteiger partial charge is 0.191 e. The summed E-state index contributed by atoms with van der Waals surface area (Å²) in [5, 5.41) is 18.0. The molecule has 148 valence electrons. The summed E-state index contributed by atoms with van der Waals surface area (Å²) in [4.78, 5) is 4.42. The summed E-state index contributed by atoms with van der Waals surface area (Å²) in [6.07, 6.45) is 1.80. The summed E-state index contributed by atoms with van der Waals surface area (Å²) < 4.78 is 5.53. The highest BCUT2D eigenvalue weighted by Gasteiger charge is 2.16.